The number of carbonyl (C=O) groups is 1. The summed E-state index contributed by atoms with van der Waals surface area (Å²) in [5, 5.41) is 3.57. The van der Waals surface area contributed by atoms with Crippen LogP contribution in [0.1, 0.15) is 50.9 Å². The molecule has 1 aromatic carbocycles. The Hall–Kier alpha value is -1.35. The molecule has 21 heavy (non-hydrogen) atoms. The molecule has 1 saturated carbocycles. The summed E-state index contributed by atoms with van der Waals surface area (Å²) in [7, 11) is 0. The minimum atomic E-state index is -0.0579. The molecular weight excluding hydrogens is 260 g/mol. The number of nitrogens with zero attached hydrogens (tertiary/aromatic N) is 1. The predicted molar refractivity (Wildman–Crippen MR) is 84.7 cm³/mol. The van der Waals surface area contributed by atoms with E-state index < -0.39 is 0 Å². The van der Waals surface area contributed by atoms with Gasteiger partial charge in [-0.2, -0.15) is 0 Å². The lowest BCUT2D eigenvalue weighted by molar-refractivity contribution is -0.133. The van der Waals surface area contributed by atoms with Crippen LogP contribution in [-0.4, -0.2) is 22.9 Å². The Morgan fingerprint density at radius 2 is 1.76 bits per heavy atom. The van der Waals surface area contributed by atoms with Crippen LogP contribution in [0.25, 0.3) is 0 Å². The van der Waals surface area contributed by atoms with Crippen molar-refractivity contribution in [2.75, 3.05) is 0 Å². The highest BCUT2D eigenvalue weighted by molar-refractivity contribution is 5.85. The molecule has 2 fully saturated rings. The molecule has 3 rings (SSSR count). The molecule has 2 aliphatic rings. The lowest BCUT2D eigenvalue weighted by Gasteiger charge is -2.31. The molecule has 1 heterocycles. The topological polar surface area (TPSA) is 32.3 Å². The third-order valence-electron chi connectivity index (χ3n) is 4.94. The van der Waals surface area contributed by atoms with Crippen molar-refractivity contribution in [1.82, 2.24) is 10.2 Å². The van der Waals surface area contributed by atoms with Gasteiger partial charge in [-0.25, -0.2) is 0 Å². The van der Waals surface area contributed by atoms with Crippen LogP contribution in [0.5, 0.6) is 0 Å². The van der Waals surface area contributed by atoms with Gasteiger partial charge in [0.15, 0.2) is 0 Å². The van der Waals surface area contributed by atoms with Crippen LogP contribution in [-0.2, 0) is 4.79 Å². The lowest BCUT2D eigenvalue weighted by atomic mass is 10.0. The summed E-state index contributed by atoms with van der Waals surface area (Å²) in [6.45, 7) is 8.54. The van der Waals surface area contributed by atoms with Crippen molar-refractivity contribution in [2.24, 2.45) is 11.8 Å². The maximum absolute atomic E-state index is 12.8. The zero-order valence-corrected chi connectivity index (χ0v) is 13.5. The van der Waals surface area contributed by atoms with Crippen molar-refractivity contribution in [2.45, 2.75) is 58.8 Å². The molecule has 0 aromatic heterocycles. The van der Waals surface area contributed by atoms with E-state index >= 15 is 0 Å². The van der Waals surface area contributed by atoms with E-state index in [0.717, 1.165) is 0 Å². The molecule has 1 amide bonds. The average molecular weight is 286 g/mol. The molecule has 3 heteroatoms. The normalized spacial score (nSPS) is 27.5. The second-order valence-electron chi connectivity index (χ2n) is 7.03. The Bertz CT molecular complexity index is 519. The minimum absolute atomic E-state index is 0.0288. The molecule has 0 bridgehead atoms. The van der Waals surface area contributed by atoms with Crippen LogP contribution in [0, 0.1) is 18.8 Å². The van der Waals surface area contributed by atoms with Gasteiger partial charge in [0.05, 0.1) is 6.04 Å². The van der Waals surface area contributed by atoms with Gasteiger partial charge in [0.2, 0.25) is 5.91 Å². The number of carbonyl (C=O) groups excluding carboxylic acids is 1. The van der Waals surface area contributed by atoms with Crippen molar-refractivity contribution in [3.05, 3.63) is 35.4 Å². The number of rotatable bonds is 4. The molecule has 0 radical (unpaired) electrons. The summed E-state index contributed by atoms with van der Waals surface area (Å²) < 4.78 is 0. The Morgan fingerprint density at radius 1 is 1.14 bits per heavy atom. The van der Waals surface area contributed by atoms with E-state index in [1.807, 2.05) is 0 Å². The first-order valence-electron chi connectivity index (χ1n) is 8.14. The summed E-state index contributed by atoms with van der Waals surface area (Å²) in [4.78, 5) is 14.9. The molecule has 3 unspecified atom stereocenters. The van der Waals surface area contributed by atoms with Crippen LogP contribution in [0.4, 0.5) is 0 Å². The smallest absolute Gasteiger partial charge is 0.241 e. The first kappa shape index (κ1) is 14.6. The summed E-state index contributed by atoms with van der Waals surface area (Å²) in [5.41, 5.74) is 2.45. The largest absolute Gasteiger partial charge is 0.319 e. The molecule has 1 aliphatic carbocycles. The fraction of sp³-hybridized carbons (Fsp3) is 0.611. The van der Waals surface area contributed by atoms with Crippen molar-refractivity contribution >= 4 is 5.91 Å². The molecule has 1 aromatic rings. The molecule has 1 N–H and O–H groups in total. The summed E-state index contributed by atoms with van der Waals surface area (Å²) in [5.74, 6) is 1.28. The van der Waals surface area contributed by atoms with Gasteiger partial charge >= 0.3 is 0 Å². The van der Waals surface area contributed by atoms with E-state index in [9.17, 15) is 4.79 Å². The number of hydrogen-bond donors (Lipinski definition) is 1. The zero-order chi connectivity index (χ0) is 15.1. The third-order valence-corrected chi connectivity index (χ3v) is 4.94. The van der Waals surface area contributed by atoms with Gasteiger partial charge in [-0.3, -0.25) is 10.1 Å². The molecule has 1 saturated heterocycles. The third kappa shape index (κ3) is 2.71. The van der Waals surface area contributed by atoms with E-state index in [1.54, 1.807) is 0 Å². The van der Waals surface area contributed by atoms with Gasteiger partial charge < -0.3 is 4.90 Å². The number of nitrogens with one attached hydrogen (secondary N) is 1. The second kappa shape index (κ2) is 5.45. The van der Waals surface area contributed by atoms with Gasteiger partial charge in [-0.05, 0) is 44.1 Å². The average Bonchev–Trinajstić information content (AvgIpc) is 3.22. The van der Waals surface area contributed by atoms with Crippen molar-refractivity contribution in [3.63, 3.8) is 0 Å². The standard InChI is InChI=1S/C18H26N2O/c1-11(2)16-18(21)20(13(4)14-9-10-14)17(19-16)15-7-5-12(3)6-8-15/h5-8,11,13-14,16-17,19H,9-10H2,1-4H3. The Labute approximate surface area is 127 Å². The number of aryl methyl sites for hydroxylation is 1. The van der Waals surface area contributed by atoms with E-state index in [1.165, 1.54) is 24.0 Å². The van der Waals surface area contributed by atoms with Crippen molar-refractivity contribution in [1.29, 1.82) is 0 Å². The van der Waals surface area contributed by atoms with E-state index in [4.69, 9.17) is 0 Å². The number of benzene rings is 1. The second-order valence-corrected chi connectivity index (χ2v) is 7.03. The maximum Gasteiger partial charge on any atom is 0.241 e. The molecule has 114 valence electrons. The van der Waals surface area contributed by atoms with Crippen LogP contribution in [0.15, 0.2) is 24.3 Å². The monoisotopic (exact) mass is 286 g/mol. The first-order chi connectivity index (χ1) is 9.99. The summed E-state index contributed by atoms with van der Waals surface area (Å²) in [6, 6.07) is 8.83. The van der Waals surface area contributed by atoms with Crippen LogP contribution < -0.4 is 5.32 Å². The molecular formula is C18H26N2O. The van der Waals surface area contributed by atoms with Gasteiger partial charge in [0.1, 0.15) is 6.17 Å². The highest BCUT2D eigenvalue weighted by Crippen LogP contribution is 2.40. The Balaban J connectivity index is 1.91. The minimum Gasteiger partial charge on any atom is -0.319 e. The number of amides is 1. The first-order valence-corrected chi connectivity index (χ1v) is 8.14. The number of hydrogen-bond acceptors (Lipinski definition) is 2. The van der Waals surface area contributed by atoms with Crippen molar-refractivity contribution in [3.8, 4) is 0 Å². The van der Waals surface area contributed by atoms with Crippen LogP contribution >= 0.6 is 0 Å². The molecule has 1 aliphatic heterocycles. The van der Waals surface area contributed by atoms with E-state index in [2.05, 4.69) is 62.2 Å². The van der Waals surface area contributed by atoms with Crippen LogP contribution in [0.2, 0.25) is 0 Å². The van der Waals surface area contributed by atoms with Gasteiger partial charge in [0, 0.05) is 6.04 Å². The predicted octanol–water partition coefficient (Wildman–Crippen LogP) is 3.25. The van der Waals surface area contributed by atoms with E-state index in [0.29, 0.717) is 17.9 Å². The Kier molecular flexibility index (Phi) is 3.78. The van der Waals surface area contributed by atoms with E-state index in [-0.39, 0.29) is 18.1 Å². The maximum atomic E-state index is 12.8. The molecule has 0 spiro atoms. The highest BCUT2D eigenvalue weighted by Gasteiger charge is 2.46. The fourth-order valence-corrected chi connectivity index (χ4v) is 3.33. The highest BCUT2D eigenvalue weighted by atomic mass is 16.2. The Morgan fingerprint density at radius 3 is 2.29 bits per heavy atom. The van der Waals surface area contributed by atoms with Gasteiger partial charge in [-0.15, -0.1) is 0 Å². The zero-order valence-electron chi connectivity index (χ0n) is 13.5. The summed E-state index contributed by atoms with van der Waals surface area (Å²) >= 11 is 0. The van der Waals surface area contributed by atoms with Crippen LogP contribution in [0.3, 0.4) is 0 Å². The lowest BCUT2D eigenvalue weighted by Crippen LogP contribution is -2.40. The quantitative estimate of drug-likeness (QED) is 0.921. The van der Waals surface area contributed by atoms with Crippen molar-refractivity contribution < 1.29 is 4.79 Å². The molecule has 3 atom stereocenters. The fourth-order valence-electron chi connectivity index (χ4n) is 3.33. The van der Waals surface area contributed by atoms with Gasteiger partial charge in [0.25, 0.3) is 0 Å². The SMILES string of the molecule is Cc1ccc(C2NC(C(C)C)C(=O)N2C(C)C2CC2)cc1. The summed E-state index contributed by atoms with van der Waals surface area (Å²) in [6.07, 6.45) is 2.55. The van der Waals surface area contributed by atoms with Gasteiger partial charge in [-0.1, -0.05) is 43.7 Å². The molecule has 3 nitrogen and oxygen atoms in total.